The zero-order valence-corrected chi connectivity index (χ0v) is 14.0. The number of aromatic nitrogens is 2. The predicted octanol–water partition coefficient (Wildman–Crippen LogP) is 2.81. The molecule has 1 aromatic carbocycles. The molecule has 0 saturated carbocycles. The van der Waals surface area contributed by atoms with Crippen LogP contribution < -0.4 is 15.7 Å². The van der Waals surface area contributed by atoms with Crippen LogP contribution in [0.1, 0.15) is 20.9 Å². The number of thiophene rings is 1. The maximum absolute atomic E-state index is 11.9. The summed E-state index contributed by atoms with van der Waals surface area (Å²) in [5, 5.41) is 5.83. The summed E-state index contributed by atoms with van der Waals surface area (Å²) in [5.74, 6) is 0.337. The number of hydrazone groups is 1. The highest BCUT2D eigenvalue weighted by atomic mass is 32.1. The summed E-state index contributed by atoms with van der Waals surface area (Å²) in [6, 6.07) is 11.8. The highest BCUT2D eigenvalue weighted by molar-refractivity contribution is 7.12. The molecule has 0 bridgehead atoms. The smallest absolute Gasteiger partial charge is 0.353 e. The monoisotopic (exact) mass is 354 g/mol. The van der Waals surface area contributed by atoms with Crippen LogP contribution in [0.4, 0.5) is 5.95 Å². The van der Waals surface area contributed by atoms with Crippen molar-refractivity contribution in [2.75, 3.05) is 5.43 Å². The number of aromatic amines is 1. The van der Waals surface area contributed by atoms with Gasteiger partial charge in [0.1, 0.15) is 10.6 Å². The molecule has 126 valence electrons. The number of rotatable bonds is 5. The number of aryl methyl sites for hydroxylation is 1. The van der Waals surface area contributed by atoms with Gasteiger partial charge in [-0.15, -0.1) is 11.3 Å². The van der Waals surface area contributed by atoms with E-state index < -0.39 is 0 Å². The number of hydrogen-bond donors (Lipinski definition) is 2. The Morgan fingerprint density at radius 3 is 2.80 bits per heavy atom. The molecule has 0 unspecified atom stereocenters. The topological polar surface area (TPSA) is 96.4 Å². The number of anilines is 1. The Kier molecular flexibility index (Phi) is 5.00. The van der Waals surface area contributed by atoms with E-state index in [-0.39, 0.29) is 17.5 Å². The van der Waals surface area contributed by atoms with E-state index in [0.29, 0.717) is 16.3 Å². The molecule has 0 atom stereocenters. The van der Waals surface area contributed by atoms with E-state index in [9.17, 15) is 9.59 Å². The fraction of sp³-hybridized carbons (Fsp3) is 0.0588. The third-order valence-electron chi connectivity index (χ3n) is 3.07. The van der Waals surface area contributed by atoms with Crippen molar-refractivity contribution in [1.82, 2.24) is 9.97 Å². The van der Waals surface area contributed by atoms with Crippen molar-refractivity contribution in [3.8, 4) is 5.75 Å². The number of carbonyl (C=O) groups excluding carboxylic acids is 1. The summed E-state index contributed by atoms with van der Waals surface area (Å²) < 4.78 is 5.28. The average molecular weight is 354 g/mol. The van der Waals surface area contributed by atoms with Gasteiger partial charge in [0.05, 0.1) is 6.21 Å². The first-order chi connectivity index (χ1) is 12.1. The first-order valence-corrected chi connectivity index (χ1v) is 8.21. The van der Waals surface area contributed by atoms with Gasteiger partial charge in [0.25, 0.3) is 5.56 Å². The molecule has 0 aliphatic heterocycles. The van der Waals surface area contributed by atoms with Crippen molar-refractivity contribution in [3.63, 3.8) is 0 Å². The molecule has 3 aromatic rings. The Morgan fingerprint density at radius 1 is 1.32 bits per heavy atom. The summed E-state index contributed by atoms with van der Waals surface area (Å²) in [7, 11) is 0. The third kappa shape index (κ3) is 4.61. The summed E-state index contributed by atoms with van der Waals surface area (Å²) in [5.41, 5.74) is 3.80. The molecule has 8 heteroatoms. The molecule has 25 heavy (non-hydrogen) atoms. The number of ether oxygens (including phenoxy) is 1. The largest absolute Gasteiger partial charge is 0.422 e. The van der Waals surface area contributed by atoms with Gasteiger partial charge < -0.3 is 4.74 Å². The van der Waals surface area contributed by atoms with Crippen molar-refractivity contribution < 1.29 is 9.53 Å². The average Bonchev–Trinajstić information content (AvgIpc) is 3.10. The quantitative estimate of drug-likeness (QED) is 0.318. The second-order valence-electron chi connectivity index (χ2n) is 5.04. The van der Waals surface area contributed by atoms with E-state index in [2.05, 4.69) is 20.5 Å². The standard InChI is InChI=1S/C17H14N4O3S/c1-11-9-15(22)20-17(19-11)21-18-10-12-4-6-13(7-5-12)24-16(23)14-3-2-8-25-14/h2-10H,1H3,(H2,19,20,21,22)/b18-10-. The SMILES string of the molecule is Cc1cc(=O)[nH]c(N/N=C\c2ccc(OC(=O)c3cccs3)cc2)n1. The molecule has 0 radical (unpaired) electrons. The van der Waals surface area contributed by atoms with Crippen molar-refractivity contribution >= 4 is 29.5 Å². The minimum Gasteiger partial charge on any atom is -0.422 e. The van der Waals surface area contributed by atoms with Crippen LogP contribution in [0.25, 0.3) is 0 Å². The number of benzene rings is 1. The minimum absolute atomic E-state index is 0.248. The molecule has 0 amide bonds. The Labute approximate surface area is 147 Å². The Hall–Kier alpha value is -3.26. The molecule has 2 heterocycles. The van der Waals surface area contributed by atoms with Crippen molar-refractivity contribution in [1.29, 1.82) is 0 Å². The number of hydrogen-bond acceptors (Lipinski definition) is 7. The van der Waals surface area contributed by atoms with Gasteiger partial charge in [0.2, 0.25) is 5.95 Å². The highest BCUT2D eigenvalue weighted by Crippen LogP contribution is 2.16. The summed E-state index contributed by atoms with van der Waals surface area (Å²) in [6.07, 6.45) is 1.56. The van der Waals surface area contributed by atoms with E-state index >= 15 is 0 Å². The maximum Gasteiger partial charge on any atom is 0.353 e. The Bertz CT molecular complexity index is 947. The molecule has 3 rings (SSSR count). The van der Waals surface area contributed by atoms with Gasteiger partial charge >= 0.3 is 5.97 Å². The fourth-order valence-corrected chi connectivity index (χ4v) is 2.57. The second kappa shape index (κ2) is 7.54. The summed E-state index contributed by atoms with van der Waals surface area (Å²) in [4.78, 5) is 30.4. The van der Waals surface area contributed by atoms with Crippen LogP contribution in [0.3, 0.4) is 0 Å². The predicted molar refractivity (Wildman–Crippen MR) is 96.5 cm³/mol. The number of nitrogens with one attached hydrogen (secondary N) is 2. The van der Waals surface area contributed by atoms with Gasteiger partial charge in [-0.1, -0.05) is 6.07 Å². The van der Waals surface area contributed by atoms with Crippen LogP contribution in [0.15, 0.2) is 57.7 Å². The fourth-order valence-electron chi connectivity index (χ4n) is 1.97. The second-order valence-corrected chi connectivity index (χ2v) is 5.99. The lowest BCUT2D eigenvalue weighted by atomic mass is 10.2. The van der Waals surface area contributed by atoms with Crippen LogP contribution in [0.5, 0.6) is 5.75 Å². The van der Waals surface area contributed by atoms with Crippen molar-refractivity contribution in [3.05, 3.63) is 74.3 Å². The van der Waals surface area contributed by atoms with Crippen LogP contribution in [-0.2, 0) is 0 Å². The molecule has 0 spiro atoms. The third-order valence-corrected chi connectivity index (χ3v) is 3.92. The zero-order valence-electron chi connectivity index (χ0n) is 13.2. The van der Waals surface area contributed by atoms with Crippen LogP contribution in [0, 0.1) is 6.92 Å². The molecule has 2 N–H and O–H groups in total. The molecule has 7 nitrogen and oxygen atoms in total. The molecule has 0 aliphatic carbocycles. The highest BCUT2D eigenvalue weighted by Gasteiger charge is 2.08. The number of esters is 1. The van der Waals surface area contributed by atoms with Gasteiger partial charge in [-0.2, -0.15) is 5.10 Å². The lowest BCUT2D eigenvalue weighted by Crippen LogP contribution is -2.10. The Balaban J connectivity index is 1.60. The summed E-state index contributed by atoms with van der Waals surface area (Å²) in [6.45, 7) is 1.72. The molecular formula is C17H14N4O3S. The van der Waals surface area contributed by atoms with Crippen LogP contribution in [-0.4, -0.2) is 22.2 Å². The molecule has 0 saturated heterocycles. The van der Waals surface area contributed by atoms with E-state index in [1.165, 1.54) is 17.4 Å². The summed E-state index contributed by atoms with van der Waals surface area (Å²) >= 11 is 1.33. The first-order valence-electron chi connectivity index (χ1n) is 7.33. The molecule has 0 fully saturated rings. The van der Waals surface area contributed by atoms with Crippen molar-refractivity contribution in [2.24, 2.45) is 5.10 Å². The van der Waals surface area contributed by atoms with E-state index in [1.807, 2.05) is 5.38 Å². The van der Waals surface area contributed by atoms with E-state index in [4.69, 9.17) is 4.74 Å². The van der Waals surface area contributed by atoms with Gasteiger partial charge in [-0.05, 0) is 48.2 Å². The minimum atomic E-state index is -0.382. The lowest BCUT2D eigenvalue weighted by molar-refractivity contribution is 0.0740. The van der Waals surface area contributed by atoms with Crippen molar-refractivity contribution in [2.45, 2.75) is 6.92 Å². The van der Waals surface area contributed by atoms with E-state index in [0.717, 1.165) is 5.56 Å². The first kappa shape index (κ1) is 16.6. The lowest BCUT2D eigenvalue weighted by Gasteiger charge is -2.03. The van der Waals surface area contributed by atoms with Gasteiger partial charge in [0.15, 0.2) is 0 Å². The normalized spacial score (nSPS) is 10.8. The maximum atomic E-state index is 11.9. The van der Waals surface area contributed by atoms with Gasteiger partial charge in [-0.25, -0.2) is 15.2 Å². The van der Waals surface area contributed by atoms with Gasteiger partial charge in [0, 0.05) is 11.8 Å². The van der Waals surface area contributed by atoms with Crippen LogP contribution >= 0.6 is 11.3 Å². The zero-order chi connectivity index (χ0) is 17.6. The Morgan fingerprint density at radius 2 is 2.12 bits per heavy atom. The number of carbonyl (C=O) groups is 1. The molecule has 2 aromatic heterocycles. The van der Waals surface area contributed by atoms with Crippen LogP contribution in [0.2, 0.25) is 0 Å². The number of H-pyrrole nitrogens is 1. The number of nitrogens with zero attached hydrogens (tertiary/aromatic N) is 2. The molecule has 0 aliphatic rings. The van der Waals surface area contributed by atoms with Gasteiger partial charge in [-0.3, -0.25) is 9.78 Å². The molecular weight excluding hydrogens is 340 g/mol. The van der Waals surface area contributed by atoms with E-state index in [1.54, 1.807) is 49.5 Å².